The molecule has 0 bridgehead atoms. The van der Waals surface area contributed by atoms with Gasteiger partial charge in [0.25, 0.3) is 0 Å². The van der Waals surface area contributed by atoms with E-state index in [0.717, 1.165) is 28.1 Å². The second kappa shape index (κ2) is 4.83. The second-order valence-corrected chi connectivity index (χ2v) is 4.94. The van der Waals surface area contributed by atoms with Crippen LogP contribution in [-0.4, -0.2) is 14.5 Å². The van der Waals surface area contributed by atoms with Crippen molar-refractivity contribution >= 4 is 34.2 Å². The molecule has 0 unspecified atom stereocenters. The molecular formula is C14H11Cl2N3. The lowest BCUT2D eigenvalue weighted by molar-refractivity contribution is 0.972. The first kappa shape index (κ1) is 12.5. The molecule has 0 aliphatic heterocycles. The number of nitrogens with zero attached hydrogens (tertiary/aromatic N) is 3. The van der Waals surface area contributed by atoms with Gasteiger partial charge in [-0.15, -0.1) is 11.6 Å². The Balaban J connectivity index is 2.41. The molecule has 2 aromatic heterocycles. The predicted molar refractivity (Wildman–Crippen MR) is 78.2 cm³/mol. The number of rotatable bonds is 2. The Bertz CT molecular complexity index is 729. The van der Waals surface area contributed by atoms with Crippen LogP contribution in [0.25, 0.3) is 16.7 Å². The van der Waals surface area contributed by atoms with Gasteiger partial charge in [-0.05, 0) is 24.6 Å². The molecule has 0 spiro atoms. The van der Waals surface area contributed by atoms with Crippen molar-refractivity contribution in [3.05, 3.63) is 53.1 Å². The first-order valence-corrected chi connectivity index (χ1v) is 6.76. The van der Waals surface area contributed by atoms with E-state index < -0.39 is 0 Å². The van der Waals surface area contributed by atoms with Crippen molar-refractivity contribution in [2.45, 2.75) is 12.8 Å². The molecule has 19 heavy (non-hydrogen) atoms. The summed E-state index contributed by atoms with van der Waals surface area (Å²) >= 11 is 12.4. The topological polar surface area (TPSA) is 30.7 Å². The fourth-order valence-corrected chi connectivity index (χ4v) is 2.71. The summed E-state index contributed by atoms with van der Waals surface area (Å²) in [6, 6.07) is 7.74. The SMILES string of the molecule is Cc1cccc(Cl)c1-n1c(CCl)nc2cnccc21. The molecular weight excluding hydrogens is 281 g/mol. The molecule has 5 heteroatoms. The largest absolute Gasteiger partial charge is 0.293 e. The predicted octanol–water partition coefficient (Wildman–Crippen LogP) is 4.12. The third-order valence-electron chi connectivity index (χ3n) is 3.06. The minimum Gasteiger partial charge on any atom is -0.293 e. The normalized spacial score (nSPS) is 11.1. The fourth-order valence-electron chi connectivity index (χ4n) is 2.23. The smallest absolute Gasteiger partial charge is 0.129 e. The molecule has 3 rings (SSSR count). The molecule has 0 atom stereocenters. The number of benzene rings is 1. The lowest BCUT2D eigenvalue weighted by Crippen LogP contribution is -2.02. The van der Waals surface area contributed by atoms with E-state index in [0.29, 0.717) is 10.9 Å². The van der Waals surface area contributed by atoms with Gasteiger partial charge in [-0.25, -0.2) is 4.98 Å². The van der Waals surface area contributed by atoms with Crippen LogP contribution in [0.15, 0.2) is 36.7 Å². The third kappa shape index (κ3) is 1.99. The highest BCUT2D eigenvalue weighted by Crippen LogP contribution is 2.29. The lowest BCUT2D eigenvalue weighted by atomic mass is 10.2. The van der Waals surface area contributed by atoms with Crippen LogP contribution in [0.2, 0.25) is 5.02 Å². The molecule has 0 N–H and O–H groups in total. The van der Waals surface area contributed by atoms with Gasteiger partial charge in [0, 0.05) is 6.20 Å². The Labute approximate surface area is 120 Å². The van der Waals surface area contributed by atoms with Crippen LogP contribution in [-0.2, 0) is 5.88 Å². The third-order valence-corrected chi connectivity index (χ3v) is 3.60. The van der Waals surface area contributed by atoms with E-state index in [1.807, 2.05) is 35.8 Å². The van der Waals surface area contributed by atoms with Crippen molar-refractivity contribution in [1.29, 1.82) is 0 Å². The van der Waals surface area contributed by atoms with E-state index in [1.165, 1.54) is 0 Å². The molecule has 0 amide bonds. The number of imidazole rings is 1. The zero-order chi connectivity index (χ0) is 13.4. The van der Waals surface area contributed by atoms with Gasteiger partial charge in [-0.2, -0.15) is 0 Å². The molecule has 3 aromatic rings. The summed E-state index contributed by atoms with van der Waals surface area (Å²) in [6.45, 7) is 2.02. The summed E-state index contributed by atoms with van der Waals surface area (Å²) in [5.74, 6) is 1.08. The highest BCUT2D eigenvalue weighted by atomic mass is 35.5. The number of aryl methyl sites for hydroxylation is 1. The average Bonchev–Trinajstić information content (AvgIpc) is 2.77. The molecule has 1 aromatic carbocycles. The number of para-hydroxylation sites is 1. The van der Waals surface area contributed by atoms with Crippen LogP contribution >= 0.6 is 23.2 Å². The highest BCUT2D eigenvalue weighted by Gasteiger charge is 2.15. The Hall–Kier alpha value is -1.58. The molecule has 0 aliphatic carbocycles. The number of hydrogen-bond donors (Lipinski definition) is 0. The first-order chi connectivity index (χ1) is 9.22. The molecule has 0 fully saturated rings. The van der Waals surface area contributed by atoms with E-state index in [-0.39, 0.29) is 0 Å². The van der Waals surface area contributed by atoms with Gasteiger partial charge >= 0.3 is 0 Å². The quantitative estimate of drug-likeness (QED) is 0.665. The number of alkyl halides is 1. The van der Waals surface area contributed by atoms with Crippen molar-refractivity contribution in [2.75, 3.05) is 0 Å². The minimum atomic E-state index is 0.319. The standard InChI is InChI=1S/C14H11Cl2N3/c1-9-3-2-4-10(16)14(9)19-12-5-6-17-8-11(12)18-13(19)7-15/h2-6,8H,7H2,1H3. The van der Waals surface area contributed by atoms with Crippen molar-refractivity contribution in [3.8, 4) is 5.69 Å². The summed E-state index contributed by atoms with van der Waals surface area (Å²) in [5, 5.41) is 0.683. The lowest BCUT2D eigenvalue weighted by Gasteiger charge is -2.12. The zero-order valence-electron chi connectivity index (χ0n) is 10.3. The van der Waals surface area contributed by atoms with Crippen LogP contribution < -0.4 is 0 Å². The maximum absolute atomic E-state index is 6.34. The van der Waals surface area contributed by atoms with Gasteiger partial charge in [0.1, 0.15) is 11.3 Å². The summed E-state index contributed by atoms with van der Waals surface area (Å²) in [6.07, 6.45) is 3.47. The summed E-state index contributed by atoms with van der Waals surface area (Å²) < 4.78 is 2.00. The van der Waals surface area contributed by atoms with Crippen molar-refractivity contribution in [1.82, 2.24) is 14.5 Å². The van der Waals surface area contributed by atoms with Crippen LogP contribution in [0.4, 0.5) is 0 Å². The van der Waals surface area contributed by atoms with Gasteiger partial charge in [0.05, 0.1) is 28.3 Å². The molecule has 0 saturated heterocycles. The average molecular weight is 292 g/mol. The zero-order valence-corrected chi connectivity index (χ0v) is 11.8. The molecule has 0 aliphatic rings. The van der Waals surface area contributed by atoms with E-state index in [4.69, 9.17) is 23.2 Å². The first-order valence-electron chi connectivity index (χ1n) is 5.85. The van der Waals surface area contributed by atoms with E-state index in [9.17, 15) is 0 Å². The van der Waals surface area contributed by atoms with Crippen molar-refractivity contribution in [2.24, 2.45) is 0 Å². The van der Waals surface area contributed by atoms with E-state index >= 15 is 0 Å². The van der Waals surface area contributed by atoms with Gasteiger partial charge in [0.15, 0.2) is 0 Å². The fraction of sp³-hybridized carbons (Fsp3) is 0.143. The molecule has 3 nitrogen and oxygen atoms in total. The Morgan fingerprint density at radius 3 is 2.84 bits per heavy atom. The maximum Gasteiger partial charge on any atom is 0.129 e. The number of hydrogen-bond acceptors (Lipinski definition) is 2. The minimum absolute atomic E-state index is 0.319. The van der Waals surface area contributed by atoms with Crippen molar-refractivity contribution < 1.29 is 0 Å². The van der Waals surface area contributed by atoms with E-state index in [1.54, 1.807) is 12.4 Å². The highest BCUT2D eigenvalue weighted by molar-refractivity contribution is 6.32. The van der Waals surface area contributed by atoms with Gasteiger partial charge in [-0.3, -0.25) is 9.55 Å². The van der Waals surface area contributed by atoms with Crippen LogP contribution in [0, 0.1) is 6.92 Å². The van der Waals surface area contributed by atoms with Crippen LogP contribution in [0.1, 0.15) is 11.4 Å². The van der Waals surface area contributed by atoms with Gasteiger partial charge in [0.2, 0.25) is 0 Å². The maximum atomic E-state index is 6.34. The van der Waals surface area contributed by atoms with Crippen LogP contribution in [0.3, 0.4) is 0 Å². The molecule has 0 radical (unpaired) electrons. The molecule has 0 saturated carbocycles. The second-order valence-electron chi connectivity index (χ2n) is 4.27. The Morgan fingerprint density at radius 2 is 2.11 bits per heavy atom. The monoisotopic (exact) mass is 291 g/mol. The number of fused-ring (bicyclic) bond motifs is 1. The van der Waals surface area contributed by atoms with Gasteiger partial charge in [-0.1, -0.05) is 23.7 Å². The Morgan fingerprint density at radius 1 is 1.26 bits per heavy atom. The number of pyridine rings is 1. The summed E-state index contributed by atoms with van der Waals surface area (Å²) in [5.41, 5.74) is 3.78. The van der Waals surface area contributed by atoms with Crippen molar-refractivity contribution in [3.63, 3.8) is 0 Å². The Kier molecular flexibility index (Phi) is 3.17. The summed E-state index contributed by atoms with van der Waals surface area (Å²) in [4.78, 5) is 8.59. The summed E-state index contributed by atoms with van der Waals surface area (Å²) in [7, 11) is 0. The molecule has 2 heterocycles. The van der Waals surface area contributed by atoms with Gasteiger partial charge < -0.3 is 0 Å². The number of halogens is 2. The number of aromatic nitrogens is 3. The molecule has 96 valence electrons. The van der Waals surface area contributed by atoms with E-state index in [2.05, 4.69) is 9.97 Å². The van der Waals surface area contributed by atoms with Crippen LogP contribution in [0.5, 0.6) is 0 Å².